The molecule has 6 nitrogen and oxygen atoms in total. The summed E-state index contributed by atoms with van der Waals surface area (Å²) in [5, 5.41) is 20.3. The molecule has 0 radical (unpaired) electrons. The Morgan fingerprint density at radius 2 is 1.96 bits per heavy atom. The van der Waals surface area contributed by atoms with E-state index in [4.69, 9.17) is 0 Å². The van der Waals surface area contributed by atoms with E-state index in [0.717, 1.165) is 4.90 Å². The van der Waals surface area contributed by atoms with Crippen LogP contribution in [-0.4, -0.2) is 15.1 Å². The van der Waals surface area contributed by atoms with Crippen LogP contribution in [0.25, 0.3) is 10.6 Å². The molecule has 23 heavy (non-hydrogen) atoms. The third-order valence-electron chi connectivity index (χ3n) is 3.01. The average molecular weight is 344 g/mol. The van der Waals surface area contributed by atoms with Crippen LogP contribution >= 0.6 is 23.3 Å². The lowest BCUT2D eigenvalue weighted by Crippen LogP contribution is -1.87. The van der Waals surface area contributed by atoms with Gasteiger partial charge in [0.05, 0.1) is 4.92 Å². The average Bonchev–Trinajstić information content (AvgIpc) is 3.03. The summed E-state index contributed by atoms with van der Waals surface area (Å²) < 4.78 is 3.14. The minimum absolute atomic E-state index is 0.0428. The monoisotopic (exact) mass is 344 g/mol. The van der Waals surface area contributed by atoms with Crippen molar-refractivity contribution in [1.82, 2.24) is 10.2 Å². The van der Waals surface area contributed by atoms with Crippen LogP contribution in [0.2, 0.25) is 0 Å². The second-order valence-corrected chi connectivity index (χ2v) is 6.59. The number of aryl methyl sites for hydroxylation is 1. The Hall–Kier alpha value is -2.45. The Bertz CT molecular complexity index is 834. The number of nitrogens with one attached hydrogen (secondary N) is 1. The number of benzene rings is 2. The van der Waals surface area contributed by atoms with Crippen LogP contribution < -0.4 is 4.72 Å². The lowest BCUT2D eigenvalue weighted by molar-refractivity contribution is -0.384. The van der Waals surface area contributed by atoms with Crippen LogP contribution in [0.15, 0.2) is 53.4 Å². The third kappa shape index (κ3) is 3.85. The van der Waals surface area contributed by atoms with Gasteiger partial charge in [-0.3, -0.25) is 10.1 Å². The highest BCUT2D eigenvalue weighted by Gasteiger charge is 2.11. The number of non-ortho nitro benzene ring substituents is 1. The number of hydrogen-bond acceptors (Lipinski definition) is 7. The van der Waals surface area contributed by atoms with Crippen LogP contribution in [0.1, 0.15) is 5.56 Å². The van der Waals surface area contributed by atoms with E-state index >= 15 is 0 Å². The van der Waals surface area contributed by atoms with E-state index in [1.807, 2.05) is 31.2 Å². The second kappa shape index (κ2) is 6.76. The minimum atomic E-state index is -0.420. The van der Waals surface area contributed by atoms with Gasteiger partial charge in [-0.25, -0.2) is 0 Å². The number of nitro benzene ring substituents is 1. The zero-order valence-electron chi connectivity index (χ0n) is 12.1. The first-order chi connectivity index (χ1) is 11.1. The molecule has 0 unspecified atom stereocenters. The normalized spacial score (nSPS) is 10.5. The molecular weight excluding hydrogens is 332 g/mol. The molecule has 0 aliphatic carbocycles. The van der Waals surface area contributed by atoms with Crippen molar-refractivity contribution in [2.45, 2.75) is 11.8 Å². The number of nitrogens with zero attached hydrogens (tertiary/aromatic N) is 3. The smallest absolute Gasteiger partial charge is 0.270 e. The molecule has 116 valence electrons. The highest BCUT2D eigenvalue weighted by molar-refractivity contribution is 8.00. The van der Waals surface area contributed by atoms with E-state index in [1.54, 1.807) is 12.1 Å². The number of aromatic nitrogens is 2. The molecule has 0 bridgehead atoms. The van der Waals surface area contributed by atoms with Gasteiger partial charge in [-0.15, -0.1) is 10.2 Å². The molecule has 2 aromatic carbocycles. The molecular formula is C15H12N4O2S2. The van der Waals surface area contributed by atoms with Gasteiger partial charge in [0.25, 0.3) is 5.69 Å². The molecule has 0 saturated carbocycles. The van der Waals surface area contributed by atoms with Crippen LogP contribution in [0.5, 0.6) is 0 Å². The van der Waals surface area contributed by atoms with E-state index in [2.05, 4.69) is 14.9 Å². The fraction of sp³-hybridized carbons (Fsp3) is 0.0667. The third-order valence-corrected chi connectivity index (χ3v) is 4.83. The maximum absolute atomic E-state index is 10.8. The molecule has 0 aliphatic rings. The van der Waals surface area contributed by atoms with Crippen molar-refractivity contribution < 1.29 is 4.92 Å². The van der Waals surface area contributed by atoms with E-state index in [1.165, 1.54) is 41.0 Å². The fourth-order valence-corrected chi connectivity index (χ4v) is 3.24. The maximum Gasteiger partial charge on any atom is 0.270 e. The Kier molecular flexibility index (Phi) is 4.54. The van der Waals surface area contributed by atoms with Crippen LogP contribution in [-0.2, 0) is 0 Å². The van der Waals surface area contributed by atoms with Crippen molar-refractivity contribution in [1.29, 1.82) is 0 Å². The second-order valence-electron chi connectivity index (χ2n) is 4.74. The Balaban J connectivity index is 1.71. The van der Waals surface area contributed by atoms with Crippen LogP contribution in [0, 0.1) is 17.0 Å². The van der Waals surface area contributed by atoms with Crippen molar-refractivity contribution in [3.05, 3.63) is 64.2 Å². The summed E-state index contributed by atoms with van der Waals surface area (Å²) >= 11 is 2.80. The molecule has 3 rings (SSSR count). The van der Waals surface area contributed by atoms with Gasteiger partial charge in [0.15, 0.2) is 0 Å². The zero-order chi connectivity index (χ0) is 16.2. The molecule has 0 fully saturated rings. The van der Waals surface area contributed by atoms with Crippen molar-refractivity contribution in [3.8, 4) is 10.6 Å². The lowest BCUT2D eigenvalue weighted by atomic mass is 10.2. The largest absolute Gasteiger partial charge is 0.300 e. The summed E-state index contributed by atoms with van der Waals surface area (Å²) in [5.74, 6) is 0. The zero-order valence-corrected chi connectivity index (χ0v) is 13.7. The minimum Gasteiger partial charge on any atom is -0.300 e. The predicted octanol–water partition coefficient (Wildman–Crippen LogP) is 4.54. The summed E-state index contributed by atoms with van der Waals surface area (Å²) in [7, 11) is 0. The molecule has 1 N–H and O–H groups in total. The van der Waals surface area contributed by atoms with Crippen molar-refractivity contribution in [2.24, 2.45) is 0 Å². The van der Waals surface area contributed by atoms with Gasteiger partial charge in [-0.2, -0.15) is 0 Å². The van der Waals surface area contributed by atoms with Gasteiger partial charge in [-0.05, 0) is 31.0 Å². The SMILES string of the molecule is Cc1ccc(SNc2nnc(-c3cccc([N+](=O)[O-])c3)s2)cc1. The van der Waals surface area contributed by atoms with Gasteiger partial charge >= 0.3 is 0 Å². The standard InChI is InChI=1S/C15H12N4O2S2/c1-10-5-7-13(8-6-10)23-18-15-17-16-14(22-15)11-3-2-4-12(9-11)19(20)21/h2-9H,1H3,(H,17,18). The fourth-order valence-electron chi connectivity index (χ4n) is 1.84. The Labute approximate surface area is 140 Å². The van der Waals surface area contributed by atoms with Gasteiger partial charge in [0.2, 0.25) is 5.13 Å². The molecule has 3 aromatic rings. The van der Waals surface area contributed by atoms with E-state index < -0.39 is 4.92 Å². The van der Waals surface area contributed by atoms with Crippen LogP contribution in [0.4, 0.5) is 10.8 Å². The molecule has 0 aliphatic heterocycles. The van der Waals surface area contributed by atoms with Crippen molar-refractivity contribution in [2.75, 3.05) is 4.72 Å². The summed E-state index contributed by atoms with van der Waals surface area (Å²) in [6, 6.07) is 14.5. The van der Waals surface area contributed by atoms with E-state index in [9.17, 15) is 10.1 Å². The first-order valence-corrected chi connectivity index (χ1v) is 8.33. The van der Waals surface area contributed by atoms with Gasteiger partial charge < -0.3 is 4.72 Å². The molecule has 0 atom stereocenters. The highest BCUT2D eigenvalue weighted by atomic mass is 32.2. The molecule has 1 heterocycles. The topological polar surface area (TPSA) is 81.0 Å². The predicted molar refractivity (Wildman–Crippen MR) is 92.7 cm³/mol. The first kappa shape index (κ1) is 15.4. The molecule has 0 spiro atoms. The van der Waals surface area contributed by atoms with Gasteiger partial charge in [0, 0.05) is 22.6 Å². The lowest BCUT2D eigenvalue weighted by Gasteiger charge is -2.01. The highest BCUT2D eigenvalue weighted by Crippen LogP contribution is 2.31. The summed E-state index contributed by atoms with van der Waals surface area (Å²) in [5.41, 5.74) is 1.93. The summed E-state index contributed by atoms with van der Waals surface area (Å²) in [6.45, 7) is 2.04. The number of nitro groups is 1. The Morgan fingerprint density at radius 1 is 1.17 bits per heavy atom. The van der Waals surface area contributed by atoms with Crippen molar-refractivity contribution >= 4 is 34.1 Å². The first-order valence-electron chi connectivity index (χ1n) is 6.70. The van der Waals surface area contributed by atoms with Gasteiger partial charge in [0.1, 0.15) is 5.01 Å². The molecule has 1 aromatic heterocycles. The number of hydrogen-bond donors (Lipinski definition) is 1. The molecule has 8 heteroatoms. The maximum atomic E-state index is 10.8. The van der Waals surface area contributed by atoms with E-state index in [0.29, 0.717) is 15.7 Å². The molecule has 0 saturated heterocycles. The quantitative estimate of drug-likeness (QED) is 0.416. The molecule has 0 amide bonds. The number of anilines is 1. The van der Waals surface area contributed by atoms with Crippen LogP contribution in [0.3, 0.4) is 0 Å². The van der Waals surface area contributed by atoms with Gasteiger partial charge in [-0.1, -0.05) is 41.2 Å². The van der Waals surface area contributed by atoms with Crippen molar-refractivity contribution in [3.63, 3.8) is 0 Å². The Morgan fingerprint density at radius 3 is 2.70 bits per heavy atom. The number of rotatable bonds is 5. The summed E-state index contributed by atoms with van der Waals surface area (Å²) in [6.07, 6.45) is 0. The summed E-state index contributed by atoms with van der Waals surface area (Å²) in [4.78, 5) is 11.5. The van der Waals surface area contributed by atoms with E-state index in [-0.39, 0.29) is 5.69 Å².